The smallest absolute Gasteiger partial charge is 0.160 e. The van der Waals surface area contributed by atoms with E-state index in [1.165, 1.54) is 0 Å². The Morgan fingerprint density at radius 1 is 1.33 bits per heavy atom. The van der Waals surface area contributed by atoms with Crippen LogP contribution in [0.2, 0.25) is 0 Å². The Morgan fingerprint density at radius 2 is 2.29 bits per heavy atom. The van der Waals surface area contributed by atoms with Crippen molar-refractivity contribution >= 4 is 16.9 Å². The summed E-state index contributed by atoms with van der Waals surface area (Å²) >= 11 is 0. The summed E-state index contributed by atoms with van der Waals surface area (Å²) in [7, 11) is 0. The van der Waals surface area contributed by atoms with Gasteiger partial charge in [-0.2, -0.15) is 5.10 Å². The number of piperazine rings is 1. The SMILES string of the molecule is OC[C@]12COCCN1CCN(c1ncnc3[nH]ncc13)C2. The van der Waals surface area contributed by atoms with Crippen LogP contribution in [0.25, 0.3) is 11.0 Å². The molecule has 8 nitrogen and oxygen atoms in total. The number of nitrogens with one attached hydrogen (secondary N) is 1. The second-order valence-corrected chi connectivity index (χ2v) is 5.67. The Morgan fingerprint density at radius 3 is 3.19 bits per heavy atom. The monoisotopic (exact) mass is 290 g/mol. The maximum absolute atomic E-state index is 9.92. The van der Waals surface area contributed by atoms with Crippen molar-refractivity contribution in [2.45, 2.75) is 5.54 Å². The molecule has 0 saturated carbocycles. The average molecular weight is 290 g/mol. The highest BCUT2D eigenvalue weighted by atomic mass is 16.5. The van der Waals surface area contributed by atoms with Crippen molar-refractivity contribution in [3.8, 4) is 0 Å². The van der Waals surface area contributed by atoms with E-state index in [9.17, 15) is 5.11 Å². The molecule has 1 atom stereocenters. The Balaban J connectivity index is 1.69. The van der Waals surface area contributed by atoms with Crippen molar-refractivity contribution < 1.29 is 9.84 Å². The van der Waals surface area contributed by atoms with E-state index in [-0.39, 0.29) is 12.1 Å². The first-order valence-electron chi connectivity index (χ1n) is 7.15. The Kier molecular flexibility index (Phi) is 3.02. The van der Waals surface area contributed by atoms with Crippen LogP contribution in [-0.2, 0) is 4.74 Å². The van der Waals surface area contributed by atoms with Gasteiger partial charge in [0.1, 0.15) is 12.1 Å². The molecule has 2 aromatic rings. The molecule has 2 fully saturated rings. The summed E-state index contributed by atoms with van der Waals surface area (Å²) in [5.74, 6) is 0.867. The van der Waals surface area contributed by atoms with Gasteiger partial charge in [-0.1, -0.05) is 0 Å². The molecular formula is C13H18N6O2. The van der Waals surface area contributed by atoms with Crippen LogP contribution in [0.3, 0.4) is 0 Å². The molecule has 0 aliphatic carbocycles. The summed E-state index contributed by atoms with van der Waals surface area (Å²) in [6.07, 6.45) is 3.30. The lowest BCUT2D eigenvalue weighted by Gasteiger charge is -2.52. The molecule has 2 saturated heterocycles. The minimum Gasteiger partial charge on any atom is -0.394 e. The third-order valence-electron chi connectivity index (χ3n) is 4.49. The zero-order valence-corrected chi connectivity index (χ0v) is 11.7. The first kappa shape index (κ1) is 12.9. The summed E-state index contributed by atoms with van der Waals surface area (Å²) < 4.78 is 5.61. The number of H-pyrrole nitrogens is 1. The molecule has 8 heteroatoms. The van der Waals surface area contributed by atoms with Gasteiger partial charge in [0.25, 0.3) is 0 Å². The number of fused-ring (bicyclic) bond motifs is 2. The largest absolute Gasteiger partial charge is 0.394 e. The van der Waals surface area contributed by atoms with E-state index >= 15 is 0 Å². The summed E-state index contributed by atoms with van der Waals surface area (Å²) in [5, 5.41) is 17.7. The van der Waals surface area contributed by atoms with Crippen LogP contribution in [0.4, 0.5) is 5.82 Å². The van der Waals surface area contributed by atoms with Crippen molar-refractivity contribution in [3.05, 3.63) is 12.5 Å². The molecule has 0 spiro atoms. The van der Waals surface area contributed by atoms with Crippen molar-refractivity contribution in [3.63, 3.8) is 0 Å². The normalized spacial score (nSPS) is 27.0. The number of anilines is 1. The molecule has 4 rings (SSSR count). The van der Waals surface area contributed by atoms with E-state index in [1.807, 2.05) is 0 Å². The molecule has 4 heterocycles. The third-order valence-corrected chi connectivity index (χ3v) is 4.49. The van der Waals surface area contributed by atoms with E-state index in [4.69, 9.17) is 4.74 Å². The molecule has 0 bridgehead atoms. The fraction of sp³-hybridized carbons (Fsp3) is 0.615. The van der Waals surface area contributed by atoms with Crippen molar-refractivity contribution in [1.82, 2.24) is 25.1 Å². The molecule has 2 aromatic heterocycles. The van der Waals surface area contributed by atoms with Crippen molar-refractivity contribution in [2.24, 2.45) is 0 Å². The second-order valence-electron chi connectivity index (χ2n) is 5.67. The molecule has 21 heavy (non-hydrogen) atoms. The van der Waals surface area contributed by atoms with Gasteiger partial charge < -0.3 is 14.7 Å². The number of aliphatic hydroxyl groups is 1. The van der Waals surface area contributed by atoms with Gasteiger partial charge in [-0.25, -0.2) is 9.97 Å². The van der Waals surface area contributed by atoms with Crippen LogP contribution in [-0.4, -0.2) is 81.7 Å². The highest BCUT2D eigenvalue weighted by Crippen LogP contribution is 2.30. The molecule has 2 aliphatic rings. The number of morpholine rings is 1. The lowest BCUT2D eigenvalue weighted by atomic mass is 9.94. The number of aliphatic hydroxyl groups excluding tert-OH is 1. The lowest BCUT2D eigenvalue weighted by molar-refractivity contribution is -0.0951. The summed E-state index contributed by atoms with van der Waals surface area (Å²) in [5.41, 5.74) is 0.401. The van der Waals surface area contributed by atoms with Crippen molar-refractivity contribution in [1.29, 1.82) is 0 Å². The Labute approximate surface area is 121 Å². The number of nitrogens with zero attached hydrogens (tertiary/aromatic N) is 5. The summed E-state index contributed by atoms with van der Waals surface area (Å²) in [4.78, 5) is 13.1. The van der Waals surface area contributed by atoms with E-state index in [1.54, 1.807) is 12.5 Å². The first-order valence-corrected chi connectivity index (χ1v) is 7.15. The van der Waals surface area contributed by atoms with E-state index in [0.717, 1.165) is 43.1 Å². The summed E-state index contributed by atoms with van der Waals surface area (Å²) in [6.45, 7) is 4.72. The second kappa shape index (κ2) is 4.90. The molecule has 112 valence electrons. The number of rotatable bonds is 2. The third kappa shape index (κ3) is 1.98. The highest BCUT2D eigenvalue weighted by Gasteiger charge is 2.44. The number of aromatic nitrogens is 4. The van der Waals surface area contributed by atoms with Gasteiger partial charge in [0.05, 0.1) is 36.9 Å². The fourth-order valence-electron chi connectivity index (χ4n) is 3.32. The highest BCUT2D eigenvalue weighted by molar-refractivity contribution is 5.86. The quantitative estimate of drug-likeness (QED) is 0.751. The van der Waals surface area contributed by atoms with Gasteiger partial charge in [0, 0.05) is 26.2 Å². The minimum absolute atomic E-state index is 0.0864. The molecule has 0 radical (unpaired) electrons. The van der Waals surface area contributed by atoms with Crippen LogP contribution >= 0.6 is 0 Å². The number of aromatic amines is 1. The predicted octanol–water partition coefficient (Wildman–Crippen LogP) is -0.764. The molecule has 0 unspecified atom stereocenters. The Hall–Kier alpha value is -1.77. The minimum atomic E-state index is -0.336. The number of hydrogen-bond donors (Lipinski definition) is 2. The van der Waals surface area contributed by atoms with Crippen LogP contribution in [0, 0.1) is 0 Å². The van der Waals surface area contributed by atoms with Crippen LogP contribution in [0.1, 0.15) is 0 Å². The van der Waals surface area contributed by atoms with Gasteiger partial charge in [-0.15, -0.1) is 0 Å². The summed E-state index contributed by atoms with van der Waals surface area (Å²) in [6, 6.07) is 0. The maximum atomic E-state index is 9.92. The van der Waals surface area contributed by atoms with Crippen LogP contribution in [0.15, 0.2) is 12.5 Å². The lowest BCUT2D eigenvalue weighted by Crippen LogP contribution is -2.69. The van der Waals surface area contributed by atoms with E-state index in [2.05, 4.69) is 30.0 Å². The number of ether oxygens (including phenoxy) is 1. The van der Waals surface area contributed by atoms with Crippen LogP contribution < -0.4 is 4.90 Å². The standard InChI is InChI=1S/C13H18N6O2/c20-7-13-6-18(1-2-19(13)3-4-21-8-13)12-10-5-16-17-11(10)14-9-15-12/h5,9,20H,1-4,6-8H2,(H,14,15,16,17)/t13-/m1/s1. The predicted molar refractivity (Wildman–Crippen MR) is 76.1 cm³/mol. The zero-order valence-electron chi connectivity index (χ0n) is 11.7. The van der Waals surface area contributed by atoms with Gasteiger partial charge in [-0.3, -0.25) is 10.00 Å². The van der Waals surface area contributed by atoms with E-state index < -0.39 is 0 Å². The maximum Gasteiger partial charge on any atom is 0.160 e. The molecule has 2 aliphatic heterocycles. The topological polar surface area (TPSA) is 90.4 Å². The van der Waals surface area contributed by atoms with Crippen molar-refractivity contribution in [2.75, 3.05) is 50.9 Å². The van der Waals surface area contributed by atoms with E-state index in [0.29, 0.717) is 13.2 Å². The first-order chi connectivity index (χ1) is 10.3. The molecule has 0 amide bonds. The zero-order chi connectivity index (χ0) is 14.3. The van der Waals surface area contributed by atoms with Gasteiger partial charge in [0.15, 0.2) is 5.65 Å². The van der Waals surface area contributed by atoms with Gasteiger partial charge in [-0.05, 0) is 0 Å². The molecular weight excluding hydrogens is 272 g/mol. The molecule has 0 aromatic carbocycles. The molecule has 2 N–H and O–H groups in total. The fourth-order valence-corrected chi connectivity index (χ4v) is 3.32. The van der Waals surface area contributed by atoms with Crippen LogP contribution in [0.5, 0.6) is 0 Å². The number of hydrogen-bond acceptors (Lipinski definition) is 7. The van der Waals surface area contributed by atoms with Gasteiger partial charge in [0.2, 0.25) is 0 Å². The Bertz CT molecular complexity index is 646. The van der Waals surface area contributed by atoms with Gasteiger partial charge >= 0.3 is 0 Å². The average Bonchev–Trinajstić information content (AvgIpc) is 3.02.